The fourth-order valence-corrected chi connectivity index (χ4v) is 1.79. The summed E-state index contributed by atoms with van der Waals surface area (Å²) in [6.45, 7) is 7.08. The molecule has 2 nitrogen and oxygen atoms in total. The number of hydrogen-bond acceptors (Lipinski definition) is 1. The first-order valence-electron chi connectivity index (χ1n) is 5.65. The topological polar surface area (TPSA) is 21.4 Å². The Kier molecular flexibility index (Phi) is 4.12. The van der Waals surface area contributed by atoms with Crippen LogP contribution >= 0.6 is 11.6 Å². The van der Waals surface area contributed by atoms with Gasteiger partial charge in [-0.1, -0.05) is 54.1 Å². The molecule has 2 rings (SSSR count). The van der Waals surface area contributed by atoms with Crippen molar-refractivity contribution < 1.29 is 4.79 Å². The van der Waals surface area contributed by atoms with Gasteiger partial charge in [-0.25, -0.2) is 4.85 Å². The maximum atomic E-state index is 11.9. The Morgan fingerprint density at radius 3 is 2.58 bits per heavy atom. The van der Waals surface area contributed by atoms with Crippen molar-refractivity contribution in [2.75, 3.05) is 0 Å². The molecule has 3 heteroatoms. The zero-order valence-corrected chi connectivity index (χ0v) is 10.8. The average molecular weight is 268 g/mol. The van der Waals surface area contributed by atoms with E-state index in [-0.39, 0.29) is 5.78 Å². The highest BCUT2D eigenvalue weighted by Crippen LogP contribution is 2.25. The Morgan fingerprint density at radius 2 is 1.89 bits per heavy atom. The Balaban J connectivity index is 2.25. The van der Waals surface area contributed by atoms with Gasteiger partial charge in [-0.2, -0.15) is 0 Å². The lowest BCUT2D eigenvalue weighted by molar-refractivity contribution is 0.104. The summed E-state index contributed by atoms with van der Waals surface area (Å²) in [6, 6.07) is 14.0. The van der Waals surface area contributed by atoms with E-state index in [0.29, 0.717) is 21.8 Å². The van der Waals surface area contributed by atoms with Crippen molar-refractivity contribution in [1.29, 1.82) is 0 Å². The number of allylic oxidation sites excluding steroid dienone is 1. The second-order valence-electron chi connectivity index (χ2n) is 3.88. The summed E-state index contributed by atoms with van der Waals surface area (Å²) < 4.78 is 0. The Hall–Kier alpha value is -2.37. The molecule has 0 unspecified atom stereocenters. The summed E-state index contributed by atoms with van der Waals surface area (Å²) in [5, 5.41) is 0.512. The molecule has 0 aliphatic carbocycles. The van der Waals surface area contributed by atoms with E-state index in [9.17, 15) is 4.79 Å². The van der Waals surface area contributed by atoms with Gasteiger partial charge in [-0.15, -0.1) is 0 Å². The minimum absolute atomic E-state index is 0.0912. The van der Waals surface area contributed by atoms with Gasteiger partial charge >= 0.3 is 0 Å². The predicted octanol–water partition coefficient (Wildman–Crippen LogP) is 4.79. The molecule has 0 aliphatic heterocycles. The van der Waals surface area contributed by atoms with E-state index in [1.54, 1.807) is 36.4 Å². The number of nitrogens with zero attached hydrogens (tertiary/aromatic N) is 1. The van der Waals surface area contributed by atoms with Crippen LogP contribution in [0.1, 0.15) is 15.9 Å². The van der Waals surface area contributed by atoms with E-state index in [4.69, 9.17) is 18.2 Å². The number of carbonyl (C=O) groups is 1. The van der Waals surface area contributed by atoms with Crippen LogP contribution in [0.25, 0.3) is 10.9 Å². The normalized spacial score (nSPS) is 10.3. The third kappa shape index (κ3) is 3.31. The molecule has 0 spiro atoms. The second kappa shape index (κ2) is 5.99. The molecule has 2 aromatic rings. The zero-order chi connectivity index (χ0) is 13.7. The van der Waals surface area contributed by atoms with Crippen molar-refractivity contribution in [1.82, 2.24) is 0 Å². The van der Waals surface area contributed by atoms with Crippen molar-refractivity contribution in [2.45, 2.75) is 0 Å². The third-order valence-electron chi connectivity index (χ3n) is 2.59. The summed E-state index contributed by atoms with van der Waals surface area (Å²) in [5.74, 6) is -0.0912. The monoisotopic (exact) mass is 267 g/mol. The standard InChI is InChI=1S/C16H10ClNO/c1-18-15-11-14(17)9-7-12(15)8-10-16(19)13-5-3-2-4-6-13/h2-11H/b10-8+. The molecular weight excluding hydrogens is 258 g/mol. The SMILES string of the molecule is [C-]#[N+]c1cc(Cl)ccc1/C=C/C(=O)c1ccccc1. The van der Waals surface area contributed by atoms with Crippen molar-refractivity contribution in [2.24, 2.45) is 0 Å². The molecule has 0 radical (unpaired) electrons. The van der Waals surface area contributed by atoms with Gasteiger partial charge in [0.15, 0.2) is 11.5 Å². The second-order valence-corrected chi connectivity index (χ2v) is 4.31. The van der Waals surface area contributed by atoms with Crippen LogP contribution in [0.4, 0.5) is 5.69 Å². The summed E-state index contributed by atoms with van der Waals surface area (Å²) >= 11 is 5.82. The largest absolute Gasteiger partial charge is 0.289 e. The predicted molar refractivity (Wildman–Crippen MR) is 77.5 cm³/mol. The smallest absolute Gasteiger partial charge is 0.195 e. The maximum Gasteiger partial charge on any atom is 0.195 e. The summed E-state index contributed by atoms with van der Waals surface area (Å²) in [5.41, 5.74) is 1.74. The van der Waals surface area contributed by atoms with Gasteiger partial charge in [0.1, 0.15) is 0 Å². The first-order chi connectivity index (χ1) is 9.20. The maximum absolute atomic E-state index is 11.9. The molecule has 0 saturated heterocycles. The van der Waals surface area contributed by atoms with Gasteiger partial charge < -0.3 is 0 Å². The summed E-state index contributed by atoms with van der Waals surface area (Å²) in [7, 11) is 0. The van der Waals surface area contributed by atoms with Gasteiger partial charge in [-0.05, 0) is 23.8 Å². The number of rotatable bonds is 3. The highest BCUT2D eigenvalue weighted by Gasteiger charge is 2.02. The van der Waals surface area contributed by atoms with E-state index in [0.717, 1.165) is 0 Å². The van der Waals surface area contributed by atoms with Gasteiger partial charge in [0.2, 0.25) is 0 Å². The van der Waals surface area contributed by atoms with Crippen LogP contribution in [-0.4, -0.2) is 5.78 Å². The molecule has 0 aromatic heterocycles. The van der Waals surface area contributed by atoms with E-state index in [2.05, 4.69) is 4.85 Å². The Morgan fingerprint density at radius 1 is 1.16 bits per heavy atom. The molecule has 0 bridgehead atoms. The van der Waals surface area contributed by atoms with Crippen molar-refractivity contribution in [3.63, 3.8) is 0 Å². The molecule has 2 aromatic carbocycles. The molecule has 0 N–H and O–H groups in total. The van der Waals surface area contributed by atoms with Crippen LogP contribution < -0.4 is 0 Å². The number of ketones is 1. The van der Waals surface area contributed by atoms with E-state index >= 15 is 0 Å². The Bertz CT molecular complexity index is 669. The molecule has 0 aliphatic rings. The summed E-state index contributed by atoms with van der Waals surface area (Å²) in [4.78, 5) is 15.3. The molecular formula is C16H10ClNO. The van der Waals surface area contributed by atoms with Crippen LogP contribution in [0.15, 0.2) is 54.6 Å². The number of carbonyl (C=O) groups excluding carboxylic acids is 1. The first-order valence-corrected chi connectivity index (χ1v) is 6.03. The number of hydrogen-bond donors (Lipinski definition) is 0. The number of halogens is 1. The number of benzene rings is 2. The van der Waals surface area contributed by atoms with Crippen LogP contribution in [0.2, 0.25) is 5.02 Å². The third-order valence-corrected chi connectivity index (χ3v) is 2.82. The quantitative estimate of drug-likeness (QED) is 0.445. The van der Waals surface area contributed by atoms with E-state index in [1.165, 1.54) is 6.08 Å². The fourth-order valence-electron chi connectivity index (χ4n) is 1.62. The minimum Gasteiger partial charge on any atom is -0.289 e. The van der Waals surface area contributed by atoms with Gasteiger partial charge in [0, 0.05) is 10.6 Å². The first kappa shape index (κ1) is 13.1. The fraction of sp³-hybridized carbons (Fsp3) is 0. The van der Waals surface area contributed by atoms with Gasteiger partial charge in [-0.3, -0.25) is 4.79 Å². The molecule has 0 amide bonds. The van der Waals surface area contributed by atoms with Crippen molar-refractivity contribution >= 4 is 29.1 Å². The van der Waals surface area contributed by atoms with Crippen molar-refractivity contribution in [3.8, 4) is 0 Å². The summed E-state index contributed by atoms with van der Waals surface area (Å²) in [6.07, 6.45) is 3.10. The van der Waals surface area contributed by atoms with Crippen LogP contribution in [0, 0.1) is 6.57 Å². The van der Waals surface area contributed by atoms with Gasteiger partial charge in [0.05, 0.1) is 6.57 Å². The average Bonchev–Trinajstić information content (AvgIpc) is 2.46. The Labute approximate surface area is 116 Å². The zero-order valence-electron chi connectivity index (χ0n) is 10.0. The molecule has 0 fully saturated rings. The van der Waals surface area contributed by atoms with Gasteiger partial charge in [0.25, 0.3) is 0 Å². The molecule has 0 atom stereocenters. The molecule has 19 heavy (non-hydrogen) atoms. The molecule has 92 valence electrons. The highest BCUT2D eigenvalue weighted by atomic mass is 35.5. The van der Waals surface area contributed by atoms with E-state index in [1.807, 2.05) is 18.2 Å². The van der Waals surface area contributed by atoms with Crippen LogP contribution in [0.5, 0.6) is 0 Å². The molecule has 0 heterocycles. The lowest BCUT2D eigenvalue weighted by Crippen LogP contribution is -1.92. The van der Waals surface area contributed by atoms with Crippen LogP contribution in [0.3, 0.4) is 0 Å². The highest BCUT2D eigenvalue weighted by molar-refractivity contribution is 6.31. The molecule has 0 saturated carbocycles. The lowest BCUT2D eigenvalue weighted by Gasteiger charge is -1.99. The van der Waals surface area contributed by atoms with E-state index < -0.39 is 0 Å². The van der Waals surface area contributed by atoms with Crippen molar-refractivity contribution in [3.05, 3.63) is 82.2 Å². The minimum atomic E-state index is -0.0912. The van der Waals surface area contributed by atoms with Crippen LogP contribution in [-0.2, 0) is 0 Å². The lowest BCUT2D eigenvalue weighted by atomic mass is 10.1.